The van der Waals surface area contributed by atoms with Gasteiger partial charge in [-0.25, -0.2) is 15.0 Å². The maximum atomic E-state index is 5.08. The molecular formula is C51H30N4. The van der Waals surface area contributed by atoms with Crippen LogP contribution in [-0.4, -0.2) is 19.5 Å². The SMILES string of the molecule is c1ccc(-c2nc(-c3ccc(-n4c5cccc6c5c5c7c(cc8ccccc8c7ccc54)-c4ccccc4-6)cc3)nc(-c3ccc4ccccc4c3)n2)cc1. The van der Waals surface area contributed by atoms with Crippen molar-refractivity contribution in [3.8, 4) is 62.1 Å². The molecule has 0 bridgehead atoms. The third-order valence-corrected chi connectivity index (χ3v) is 11.3. The van der Waals surface area contributed by atoms with Gasteiger partial charge in [0.2, 0.25) is 0 Å². The van der Waals surface area contributed by atoms with Gasteiger partial charge in [-0.2, -0.15) is 0 Å². The van der Waals surface area contributed by atoms with Crippen molar-refractivity contribution in [3.63, 3.8) is 0 Å². The number of aromatic nitrogens is 4. The van der Waals surface area contributed by atoms with Crippen molar-refractivity contribution in [1.29, 1.82) is 0 Å². The summed E-state index contributed by atoms with van der Waals surface area (Å²) in [7, 11) is 0. The fourth-order valence-corrected chi connectivity index (χ4v) is 8.86. The van der Waals surface area contributed by atoms with Crippen molar-refractivity contribution in [2.24, 2.45) is 0 Å². The topological polar surface area (TPSA) is 43.6 Å². The highest BCUT2D eigenvalue weighted by atomic mass is 15.0. The first-order chi connectivity index (χ1) is 27.3. The van der Waals surface area contributed by atoms with E-state index in [1.54, 1.807) is 0 Å². The van der Waals surface area contributed by atoms with Crippen LogP contribution in [0.2, 0.25) is 0 Å². The minimum atomic E-state index is 0.640. The van der Waals surface area contributed by atoms with Crippen LogP contribution in [-0.2, 0) is 0 Å². The Balaban J connectivity index is 1.07. The van der Waals surface area contributed by atoms with Crippen molar-refractivity contribution >= 4 is 54.1 Å². The molecular weight excluding hydrogens is 669 g/mol. The van der Waals surface area contributed by atoms with Crippen molar-refractivity contribution in [3.05, 3.63) is 182 Å². The van der Waals surface area contributed by atoms with E-state index in [0.717, 1.165) is 27.8 Å². The van der Waals surface area contributed by atoms with E-state index in [-0.39, 0.29) is 0 Å². The van der Waals surface area contributed by atoms with E-state index in [1.807, 2.05) is 30.3 Å². The minimum Gasteiger partial charge on any atom is -0.309 e. The van der Waals surface area contributed by atoms with Crippen molar-refractivity contribution in [1.82, 2.24) is 19.5 Å². The molecule has 0 atom stereocenters. The van der Waals surface area contributed by atoms with Crippen LogP contribution in [0.1, 0.15) is 0 Å². The number of rotatable bonds is 4. The molecule has 254 valence electrons. The summed E-state index contributed by atoms with van der Waals surface area (Å²) < 4.78 is 2.42. The smallest absolute Gasteiger partial charge is 0.164 e. The van der Waals surface area contributed by atoms with Gasteiger partial charge in [0.15, 0.2) is 17.5 Å². The average molecular weight is 699 g/mol. The van der Waals surface area contributed by atoms with Crippen LogP contribution in [0.5, 0.6) is 0 Å². The molecule has 0 unspecified atom stereocenters. The molecule has 1 aliphatic carbocycles. The van der Waals surface area contributed by atoms with E-state index < -0.39 is 0 Å². The van der Waals surface area contributed by atoms with Crippen molar-refractivity contribution in [2.75, 3.05) is 0 Å². The second-order valence-corrected chi connectivity index (χ2v) is 14.4. The fourth-order valence-electron chi connectivity index (χ4n) is 8.86. The van der Waals surface area contributed by atoms with E-state index in [2.05, 4.69) is 156 Å². The minimum absolute atomic E-state index is 0.640. The van der Waals surface area contributed by atoms with Crippen molar-refractivity contribution in [2.45, 2.75) is 0 Å². The zero-order valence-corrected chi connectivity index (χ0v) is 29.6. The molecule has 55 heavy (non-hydrogen) atoms. The van der Waals surface area contributed by atoms with E-state index in [4.69, 9.17) is 15.0 Å². The van der Waals surface area contributed by atoms with E-state index in [1.165, 1.54) is 71.0 Å². The molecule has 0 amide bonds. The van der Waals surface area contributed by atoms with E-state index >= 15 is 0 Å². The Morgan fingerprint density at radius 3 is 1.71 bits per heavy atom. The Kier molecular flexibility index (Phi) is 6.31. The fraction of sp³-hybridized carbons (Fsp3) is 0. The second kappa shape index (κ2) is 11.5. The summed E-state index contributed by atoms with van der Waals surface area (Å²) in [5.74, 6) is 1.94. The average Bonchev–Trinajstić information content (AvgIpc) is 3.54. The third-order valence-electron chi connectivity index (χ3n) is 11.3. The summed E-state index contributed by atoms with van der Waals surface area (Å²) in [5, 5.41) is 10.1. The molecule has 9 aromatic carbocycles. The highest BCUT2D eigenvalue weighted by Gasteiger charge is 2.25. The third kappa shape index (κ3) is 4.49. The summed E-state index contributed by atoms with van der Waals surface area (Å²) in [5.41, 5.74) is 11.4. The number of hydrogen-bond acceptors (Lipinski definition) is 3. The summed E-state index contributed by atoms with van der Waals surface area (Å²) >= 11 is 0. The Morgan fingerprint density at radius 2 is 0.909 bits per heavy atom. The summed E-state index contributed by atoms with van der Waals surface area (Å²) in [6.07, 6.45) is 0. The lowest BCUT2D eigenvalue weighted by Crippen LogP contribution is -2.00. The second-order valence-electron chi connectivity index (χ2n) is 14.4. The zero-order chi connectivity index (χ0) is 36.0. The molecule has 4 nitrogen and oxygen atoms in total. The lowest BCUT2D eigenvalue weighted by molar-refractivity contribution is 1.07. The van der Waals surface area contributed by atoms with Crippen LogP contribution >= 0.6 is 0 Å². The van der Waals surface area contributed by atoms with Gasteiger partial charge in [0.1, 0.15) is 0 Å². The molecule has 0 aliphatic heterocycles. The highest BCUT2D eigenvalue weighted by Crippen LogP contribution is 2.51. The number of nitrogens with zero attached hydrogens (tertiary/aromatic N) is 4. The van der Waals surface area contributed by atoms with Crippen LogP contribution in [0.15, 0.2) is 182 Å². The van der Waals surface area contributed by atoms with Crippen LogP contribution in [0.4, 0.5) is 0 Å². The summed E-state index contributed by atoms with van der Waals surface area (Å²) in [4.78, 5) is 15.1. The van der Waals surface area contributed by atoms with Gasteiger partial charge in [-0.05, 0) is 97.7 Å². The number of benzene rings is 9. The molecule has 11 aromatic rings. The Morgan fingerprint density at radius 1 is 0.309 bits per heavy atom. The highest BCUT2D eigenvalue weighted by molar-refractivity contribution is 6.33. The maximum Gasteiger partial charge on any atom is 0.164 e. The van der Waals surface area contributed by atoms with Gasteiger partial charge in [-0.15, -0.1) is 0 Å². The summed E-state index contributed by atoms with van der Waals surface area (Å²) in [6, 6.07) is 65.1. The molecule has 4 heteroatoms. The first-order valence-corrected chi connectivity index (χ1v) is 18.7. The van der Waals surface area contributed by atoms with Crippen LogP contribution < -0.4 is 0 Å². The van der Waals surface area contributed by atoms with Crippen LogP contribution in [0, 0.1) is 0 Å². The van der Waals surface area contributed by atoms with Gasteiger partial charge >= 0.3 is 0 Å². The molecule has 2 aromatic heterocycles. The van der Waals surface area contributed by atoms with Gasteiger partial charge in [0.05, 0.1) is 11.0 Å². The van der Waals surface area contributed by atoms with Gasteiger partial charge < -0.3 is 4.57 Å². The number of fused-ring (bicyclic) bond motifs is 6. The zero-order valence-electron chi connectivity index (χ0n) is 29.6. The quantitative estimate of drug-likeness (QED) is 0.172. The Labute approximate surface area is 316 Å². The molecule has 0 radical (unpaired) electrons. The molecule has 0 saturated carbocycles. The first-order valence-electron chi connectivity index (χ1n) is 18.7. The van der Waals surface area contributed by atoms with Gasteiger partial charge in [0, 0.05) is 38.5 Å². The van der Waals surface area contributed by atoms with E-state index in [0.29, 0.717) is 17.5 Å². The standard InChI is InChI=1S/C51H30N4/c1-2-12-32(13-3-1)49-52-50(54-51(53-49)36-22-21-31-11-4-5-14-34(31)29-36)33-23-25-37(26-24-33)55-44-20-10-19-41-39-17-8-9-18-40(39)43-30-35-15-6-7-16-38(35)42-27-28-45(55)48(46(42)43)47(41)44/h1-30H. The molecule has 0 saturated heterocycles. The molecule has 0 fully saturated rings. The van der Waals surface area contributed by atoms with Crippen LogP contribution in [0.3, 0.4) is 0 Å². The normalized spacial score (nSPS) is 12.0. The number of hydrogen-bond donors (Lipinski definition) is 0. The summed E-state index contributed by atoms with van der Waals surface area (Å²) in [6.45, 7) is 0. The largest absolute Gasteiger partial charge is 0.309 e. The van der Waals surface area contributed by atoms with E-state index in [9.17, 15) is 0 Å². The molecule has 0 spiro atoms. The molecule has 1 aliphatic rings. The van der Waals surface area contributed by atoms with Crippen molar-refractivity contribution < 1.29 is 0 Å². The maximum absolute atomic E-state index is 5.08. The predicted molar refractivity (Wildman–Crippen MR) is 227 cm³/mol. The molecule has 2 heterocycles. The van der Waals surface area contributed by atoms with Crippen LogP contribution in [0.25, 0.3) is 116 Å². The Bertz CT molecular complexity index is 3360. The van der Waals surface area contributed by atoms with Gasteiger partial charge in [-0.1, -0.05) is 133 Å². The monoisotopic (exact) mass is 698 g/mol. The first kappa shape index (κ1) is 30.1. The lowest BCUT2D eigenvalue weighted by Gasteiger charge is -2.15. The van der Waals surface area contributed by atoms with Gasteiger partial charge in [0.25, 0.3) is 0 Å². The predicted octanol–water partition coefficient (Wildman–Crippen LogP) is 13.1. The lowest BCUT2D eigenvalue weighted by atomic mass is 9.90. The molecule has 0 N–H and O–H groups in total. The Hall–Kier alpha value is -7.43. The molecule has 12 rings (SSSR count). The van der Waals surface area contributed by atoms with Gasteiger partial charge in [-0.3, -0.25) is 0 Å².